The minimum Gasteiger partial charge on any atom is -0.463 e. The lowest BCUT2D eigenvalue weighted by Gasteiger charge is -2.41. The van der Waals surface area contributed by atoms with Gasteiger partial charge in [0.05, 0.1) is 0 Å². The van der Waals surface area contributed by atoms with E-state index in [1.807, 2.05) is 0 Å². The Bertz CT molecular complexity index is 710. The largest absolute Gasteiger partial charge is 0.463 e. The van der Waals surface area contributed by atoms with Crippen molar-refractivity contribution in [2.45, 2.75) is 51.5 Å². The number of rotatable bonds is 6. The van der Waals surface area contributed by atoms with Crippen molar-refractivity contribution in [2.24, 2.45) is 0 Å². The SMILES string of the molecule is CC(=O)OC[C@H]1O[C@H](Oc2ccc(N)cc2)[C@@H](F)[C@@H](OC(C)=O)[C@@H]1OC(C)=O. The lowest BCUT2D eigenvalue weighted by Crippen LogP contribution is -2.61. The zero-order valence-electron chi connectivity index (χ0n) is 15.6. The number of esters is 3. The van der Waals surface area contributed by atoms with Gasteiger partial charge < -0.3 is 29.4 Å². The van der Waals surface area contributed by atoms with E-state index in [4.69, 9.17) is 29.4 Å². The van der Waals surface area contributed by atoms with Crippen molar-refractivity contribution in [3.05, 3.63) is 24.3 Å². The van der Waals surface area contributed by atoms with Gasteiger partial charge in [0.1, 0.15) is 18.5 Å². The van der Waals surface area contributed by atoms with E-state index in [2.05, 4.69) is 0 Å². The van der Waals surface area contributed by atoms with Crippen molar-refractivity contribution in [1.29, 1.82) is 0 Å². The highest BCUT2D eigenvalue weighted by Crippen LogP contribution is 2.30. The second-order valence-corrected chi connectivity index (χ2v) is 6.12. The van der Waals surface area contributed by atoms with Gasteiger partial charge in [0.15, 0.2) is 12.2 Å². The first-order valence-corrected chi connectivity index (χ1v) is 8.47. The van der Waals surface area contributed by atoms with Crippen LogP contribution in [0.15, 0.2) is 24.3 Å². The average molecular weight is 399 g/mol. The Kier molecular flexibility index (Phi) is 7.16. The van der Waals surface area contributed by atoms with E-state index < -0.39 is 48.7 Å². The van der Waals surface area contributed by atoms with Gasteiger partial charge in [0.2, 0.25) is 12.5 Å². The van der Waals surface area contributed by atoms with Crippen LogP contribution in [0.2, 0.25) is 0 Å². The average Bonchev–Trinajstić information content (AvgIpc) is 2.60. The van der Waals surface area contributed by atoms with Crippen molar-refractivity contribution >= 4 is 23.6 Å². The first-order chi connectivity index (χ1) is 13.2. The summed E-state index contributed by atoms with van der Waals surface area (Å²) in [4.78, 5) is 34.1. The summed E-state index contributed by atoms with van der Waals surface area (Å²) in [6.07, 6.45) is -7.47. The molecule has 1 aromatic rings. The quantitative estimate of drug-likeness (QED) is 0.426. The highest BCUT2D eigenvalue weighted by molar-refractivity contribution is 5.67. The lowest BCUT2D eigenvalue weighted by atomic mass is 9.99. The highest BCUT2D eigenvalue weighted by Gasteiger charge is 2.52. The summed E-state index contributed by atoms with van der Waals surface area (Å²) in [5.74, 6) is -1.90. The molecule has 1 aliphatic rings. The number of hydrogen-bond donors (Lipinski definition) is 1. The molecule has 0 radical (unpaired) electrons. The van der Waals surface area contributed by atoms with Crippen LogP contribution in [0.5, 0.6) is 5.75 Å². The number of nitrogens with two attached hydrogens (primary N) is 1. The second kappa shape index (κ2) is 9.36. The normalized spacial score (nSPS) is 26.8. The van der Waals surface area contributed by atoms with Gasteiger partial charge in [0.25, 0.3) is 0 Å². The van der Waals surface area contributed by atoms with Crippen LogP contribution in [0.4, 0.5) is 10.1 Å². The number of anilines is 1. The van der Waals surface area contributed by atoms with Crippen LogP contribution < -0.4 is 10.5 Å². The van der Waals surface area contributed by atoms with Gasteiger partial charge in [-0.2, -0.15) is 0 Å². The molecule has 1 fully saturated rings. The molecule has 5 atom stereocenters. The molecule has 0 spiro atoms. The molecule has 0 aliphatic carbocycles. The molecule has 0 saturated carbocycles. The molecule has 0 amide bonds. The third-order valence-electron chi connectivity index (χ3n) is 3.76. The third-order valence-corrected chi connectivity index (χ3v) is 3.76. The Balaban J connectivity index is 2.28. The van der Waals surface area contributed by atoms with Crippen LogP contribution >= 0.6 is 0 Å². The monoisotopic (exact) mass is 399 g/mol. The maximum atomic E-state index is 15.1. The third kappa shape index (κ3) is 5.81. The maximum absolute atomic E-state index is 15.1. The number of hydrogen-bond acceptors (Lipinski definition) is 9. The molecular formula is C18H22FNO8. The van der Waals surface area contributed by atoms with E-state index >= 15 is 4.39 Å². The van der Waals surface area contributed by atoms with Gasteiger partial charge >= 0.3 is 17.9 Å². The van der Waals surface area contributed by atoms with Crippen molar-refractivity contribution in [3.63, 3.8) is 0 Å². The highest BCUT2D eigenvalue weighted by atomic mass is 19.1. The molecule has 1 aliphatic heterocycles. The number of carbonyl (C=O) groups is 3. The molecule has 10 heteroatoms. The Morgan fingerprint density at radius 1 is 1.00 bits per heavy atom. The standard InChI is InChI=1S/C18H22FNO8/c1-9(21)24-8-14-16(25-10(2)22)17(26-11(3)23)15(19)18(28-14)27-13-6-4-12(20)5-7-13/h4-7,14-18H,8,20H2,1-3H3/t14-,15+,16-,17-,18+/m1/s1. The predicted molar refractivity (Wildman–Crippen MR) is 92.8 cm³/mol. The summed E-state index contributed by atoms with van der Waals surface area (Å²) < 4.78 is 41.1. The van der Waals surface area contributed by atoms with Crippen LogP contribution in [0.1, 0.15) is 20.8 Å². The molecule has 154 valence electrons. The van der Waals surface area contributed by atoms with Crippen molar-refractivity contribution in [3.8, 4) is 5.75 Å². The molecule has 2 N–H and O–H groups in total. The summed E-state index contributed by atoms with van der Waals surface area (Å²) in [6, 6.07) is 6.11. The molecule has 0 aromatic heterocycles. The molecule has 9 nitrogen and oxygen atoms in total. The van der Waals surface area contributed by atoms with Gasteiger partial charge in [-0.3, -0.25) is 14.4 Å². The maximum Gasteiger partial charge on any atom is 0.303 e. The number of ether oxygens (including phenoxy) is 5. The number of carbonyl (C=O) groups excluding carboxylic acids is 3. The number of halogens is 1. The molecule has 28 heavy (non-hydrogen) atoms. The van der Waals surface area contributed by atoms with Crippen molar-refractivity contribution < 1.29 is 42.5 Å². The van der Waals surface area contributed by atoms with Crippen LogP contribution in [0, 0.1) is 0 Å². The fourth-order valence-corrected chi connectivity index (χ4v) is 2.64. The summed E-state index contributed by atoms with van der Waals surface area (Å²) in [5, 5.41) is 0. The van der Waals surface area contributed by atoms with Crippen LogP contribution in [0.25, 0.3) is 0 Å². The molecule has 1 saturated heterocycles. The Morgan fingerprint density at radius 3 is 2.11 bits per heavy atom. The van der Waals surface area contributed by atoms with E-state index in [1.54, 1.807) is 12.1 Å². The van der Waals surface area contributed by atoms with Gasteiger partial charge in [-0.15, -0.1) is 0 Å². The van der Waals surface area contributed by atoms with E-state index in [0.717, 1.165) is 13.8 Å². The zero-order chi connectivity index (χ0) is 20.8. The summed E-state index contributed by atoms with van der Waals surface area (Å²) >= 11 is 0. The van der Waals surface area contributed by atoms with E-state index in [0.29, 0.717) is 5.69 Å². The topological polar surface area (TPSA) is 123 Å². The van der Waals surface area contributed by atoms with Crippen LogP contribution in [-0.4, -0.2) is 55.3 Å². The second-order valence-electron chi connectivity index (χ2n) is 6.12. The number of benzene rings is 1. The first kappa shape index (κ1) is 21.4. The van der Waals surface area contributed by atoms with E-state index in [9.17, 15) is 14.4 Å². The minimum absolute atomic E-state index is 0.251. The molecule has 1 aromatic carbocycles. The number of nitrogen functional groups attached to an aromatic ring is 1. The van der Waals surface area contributed by atoms with Gasteiger partial charge in [-0.1, -0.05) is 0 Å². The van der Waals surface area contributed by atoms with Crippen LogP contribution in [-0.2, 0) is 33.3 Å². The molecule has 2 rings (SSSR count). The minimum atomic E-state index is -1.99. The van der Waals surface area contributed by atoms with Gasteiger partial charge in [-0.25, -0.2) is 4.39 Å². The Hall–Kier alpha value is -2.88. The predicted octanol–water partition coefficient (Wildman–Crippen LogP) is 1.14. The zero-order valence-corrected chi connectivity index (χ0v) is 15.6. The lowest BCUT2D eigenvalue weighted by molar-refractivity contribution is -0.271. The summed E-state index contributed by atoms with van der Waals surface area (Å²) in [7, 11) is 0. The molecule has 1 heterocycles. The summed E-state index contributed by atoms with van der Waals surface area (Å²) in [5.41, 5.74) is 6.08. The van der Waals surface area contributed by atoms with E-state index in [-0.39, 0.29) is 12.4 Å². The van der Waals surface area contributed by atoms with Gasteiger partial charge in [-0.05, 0) is 24.3 Å². The Labute approximate surface area is 160 Å². The number of alkyl halides is 1. The van der Waals surface area contributed by atoms with Crippen molar-refractivity contribution in [2.75, 3.05) is 12.3 Å². The fourth-order valence-electron chi connectivity index (χ4n) is 2.64. The summed E-state index contributed by atoms with van der Waals surface area (Å²) in [6.45, 7) is 3.01. The van der Waals surface area contributed by atoms with Gasteiger partial charge in [0, 0.05) is 26.5 Å². The molecule has 0 bridgehead atoms. The first-order valence-electron chi connectivity index (χ1n) is 8.47. The smallest absolute Gasteiger partial charge is 0.303 e. The van der Waals surface area contributed by atoms with Crippen molar-refractivity contribution in [1.82, 2.24) is 0 Å². The Morgan fingerprint density at radius 2 is 1.57 bits per heavy atom. The molecule has 0 unspecified atom stereocenters. The van der Waals surface area contributed by atoms with Crippen LogP contribution in [0.3, 0.4) is 0 Å². The van der Waals surface area contributed by atoms with E-state index in [1.165, 1.54) is 19.1 Å². The molecular weight excluding hydrogens is 377 g/mol. The fraction of sp³-hybridized carbons (Fsp3) is 0.500.